The van der Waals surface area contributed by atoms with E-state index >= 15 is 0 Å². The Morgan fingerprint density at radius 1 is 1.26 bits per heavy atom. The van der Waals surface area contributed by atoms with Gasteiger partial charge in [0.2, 0.25) is 0 Å². The van der Waals surface area contributed by atoms with E-state index < -0.39 is 0 Å². The standard InChI is InChI=1S/C15H17NO3/c1-11-5-3-7-14(12(11)2)19-10-15(17)16-9-13-6-4-8-18-13/h3-8H,9-10H2,1-2H3,(H,16,17). The summed E-state index contributed by atoms with van der Waals surface area (Å²) in [6.45, 7) is 4.37. The van der Waals surface area contributed by atoms with E-state index in [0.717, 1.165) is 22.6 Å². The topological polar surface area (TPSA) is 51.5 Å². The maximum atomic E-state index is 11.6. The minimum absolute atomic E-state index is 0.00496. The lowest BCUT2D eigenvalue weighted by atomic mass is 10.1. The molecule has 4 nitrogen and oxygen atoms in total. The van der Waals surface area contributed by atoms with E-state index in [9.17, 15) is 4.79 Å². The highest BCUT2D eigenvalue weighted by Gasteiger charge is 2.06. The van der Waals surface area contributed by atoms with Gasteiger partial charge in [0.05, 0.1) is 12.8 Å². The van der Waals surface area contributed by atoms with Gasteiger partial charge in [0, 0.05) is 0 Å². The fourth-order valence-corrected chi connectivity index (χ4v) is 1.67. The Balaban J connectivity index is 1.81. The minimum atomic E-state index is -0.169. The Labute approximate surface area is 112 Å². The van der Waals surface area contributed by atoms with Crippen LogP contribution in [0.2, 0.25) is 0 Å². The molecule has 0 atom stereocenters. The summed E-state index contributed by atoms with van der Waals surface area (Å²) in [6.07, 6.45) is 1.58. The van der Waals surface area contributed by atoms with Gasteiger partial charge in [-0.1, -0.05) is 12.1 Å². The maximum absolute atomic E-state index is 11.6. The number of hydrogen-bond acceptors (Lipinski definition) is 3. The number of hydrogen-bond donors (Lipinski definition) is 1. The van der Waals surface area contributed by atoms with Gasteiger partial charge in [-0.05, 0) is 43.2 Å². The van der Waals surface area contributed by atoms with Crippen molar-refractivity contribution in [2.24, 2.45) is 0 Å². The van der Waals surface area contributed by atoms with Crippen molar-refractivity contribution >= 4 is 5.91 Å². The molecule has 2 rings (SSSR count). The second-order valence-electron chi connectivity index (χ2n) is 4.34. The zero-order chi connectivity index (χ0) is 13.7. The van der Waals surface area contributed by atoms with Crippen LogP contribution in [-0.4, -0.2) is 12.5 Å². The van der Waals surface area contributed by atoms with Crippen LogP contribution < -0.4 is 10.1 Å². The van der Waals surface area contributed by atoms with E-state index in [-0.39, 0.29) is 12.5 Å². The first-order chi connectivity index (χ1) is 9.16. The van der Waals surface area contributed by atoms with Gasteiger partial charge in [-0.25, -0.2) is 0 Å². The second kappa shape index (κ2) is 6.09. The molecule has 0 unspecified atom stereocenters. The SMILES string of the molecule is Cc1cccc(OCC(=O)NCc2ccco2)c1C. The molecule has 1 aromatic carbocycles. The molecule has 1 N–H and O–H groups in total. The van der Waals surface area contributed by atoms with Gasteiger partial charge in [-0.2, -0.15) is 0 Å². The third kappa shape index (κ3) is 3.61. The highest BCUT2D eigenvalue weighted by atomic mass is 16.5. The normalized spacial score (nSPS) is 10.2. The molecule has 4 heteroatoms. The molecule has 0 radical (unpaired) electrons. The Bertz CT molecular complexity index is 547. The first-order valence-electron chi connectivity index (χ1n) is 6.15. The lowest BCUT2D eigenvalue weighted by Crippen LogP contribution is -2.28. The summed E-state index contributed by atoms with van der Waals surface area (Å²) in [6, 6.07) is 9.39. The summed E-state index contributed by atoms with van der Waals surface area (Å²) < 4.78 is 10.6. The molecule has 1 heterocycles. The average Bonchev–Trinajstić information content (AvgIpc) is 2.91. The first kappa shape index (κ1) is 13.2. The lowest BCUT2D eigenvalue weighted by molar-refractivity contribution is -0.123. The molecule has 0 bridgehead atoms. The molecule has 19 heavy (non-hydrogen) atoms. The predicted molar refractivity (Wildman–Crippen MR) is 72.0 cm³/mol. The summed E-state index contributed by atoms with van der Waals surface area (Å²) in [5.74, 6) is 1.30. The van der Waals surface area contributed by atoms with Gasteiger partial charge in [0.15, 0.2) is 6.61 Å². The van der Waals surface area contributed by atoms with E-state index in [1.54, 1.807) is 12.3 Å². The molecule has 0 aliphatic heterocycles. The lowest BCUT2D eigenvalue weighted by Gasteiger charge is -2.10. The van der Waals surface area contributed by atoms with Crippen molar-refractivity contribution in [3.8, 4) is 5.75 Å². The highest BCUT2D eigenvalue weighted by molar-refractivity contribution is 5.77. The zero-order valence-electron chi connectivity index (χ0n) is 11.1. The van der Waals surface area contributed by atoms with E-state index in [1.165, 1.54) is 0 Å². The summed E-state index contributed by atoms with van der Waals surface area (Å²) in [4.78, 5) is 11.6. The predicted octanol–water partition coefficient (Wildman–Crippen LogP) is 2.59. The maximum Gasteiger partial charge on any atom is 0.258 e. The number of aryl methyl sites for hydroxylation is 1. The van der Waals surface area contributed by atoms with Crippen LogP contribution in [0.25, 0.3) is 0 Å². The third-order valence-corrected chi connectivity index (χ3v) is 2.95. The van der Waals surface area contributed by atoms with Crippen molar-refractivity contribution in [1.29, 1.82) is 0 Å². The van der Waals surface area contributed by atoms with Crippen molar-refractivity contribution in [2.75, 3.05) is 6.61 Å². The Morgan fingerprint density at radius 2 is 2.11 bits per heavy atom. The zero-order valence-corrected chi connectivity index (χ0v) is 11.1. The number of nitrogens with one attached hydrogen (secondary N) is 1. The van der Waals surface area contributed by atoms with Crippen molar-refractivity contribution in [1.82, 2.24) is 5.32 Å². The fraction of sp³-hybridized carbons (Fsp3) is 0.267. The van der Waals surface area contributed by atoms with Crippen LogP contribution in [0, 0.1) is 13.8 Å². The molecule has 1 aromatic heterocycles. The molecule has 0 saturated carbocycles. The Kier molecular flexibility index (Phi) is 4.23. The Hall–Kier alpha value is -2.23. The van der Waals surface area contributed by atoms with E-state index in [0.29, 0.717) is 6.54 Å². The van der Waals surface area contributed by atoms with Crippen LogP contribution in [0.1, 0.15) is 16.9 Å². The van der Waals surface area contributed by atoms with Crippen molar-refractivity contribution in [2.45, 2.75) is 20.4 Å². The van der Waals surface area contributed by atoms with E-state index in [1.807, 2.05) is 38.1 Å². The average molecular weight is 259 g/mol. The first-order valence-corrected chi connectivity index (χ1v) is 6.15. The van der Waals surface area contributed by atoms with Crippen LogP contribution in [0.4, 0.5) is 0 Å². The molecule has 0 aliphatic carbocycles. The van der Waals surface area contributed by atoms with Crippen molar-refractivity contribution in [3.05, 3.63) is 53.5 Å². The summed E-state index contributed by atoms with van der Waals surface area (Å²) in [5.41, 5.74) is 2.20. The molecule has 2 aromatic rings. The molecule has 0 fully saturated rings. The van der Waals surface area contributed by atoms with Gasteiger partial charge in [-0.3, -0.25) is 4.79 Å². The van der Waals surface area contributed by atoms with Crippen molar-refractivity contribution in [3.63, 3.8) is 0 Å². The Morgan fingerprint density at radius 3 is 2.84 bits per heavy atom. The minimum Gasteiger partial charge on any atom is -0.483 e. The monoisotopic (exact) mass is 259 g/mol. The van der Waals surface area contributed by atoms with E-state index in [4.69, 9.17) is 9.15 Å². The molecule has 1 amide bonds. The molecule has 0 aliphatic rings. The van der Waals surface area contributed by atoms with Gasteiger partial charge in [0.25, 0.3) is 5.91 Å². The second-order valence-corrected chi connectivity index (χ2v) is 4.34. The van der Waals surface area contributed by atoms with Gasteiger partial charge in [-0.15, -0.1) is 0 Å². The summed E-state index contributed by atoms with van der Waals surface area (Å²) in [5, 5.41) is 2.73. The summed E-state index contributed by atoms with van der Waals surface area (Å²) in [7, 11) is 0. The molecule has 100 valence electrons. The van der Waals surface area contributed by atoms with Gasteiger partial charge < -0.3 is 14.5 Å². The number of ether oxygens (including phenoxy) is 1. The van der Waals surface area contributed by atoms with Crippen LogP contribution in [0.5, 0.6) is 5.75 Å². The summed E-state index contributed by atoms with van der Waals surface area (Å²) >= 11 is 0. The molecule has 0 saturated heterocycles. The fourth-order valence-electron chi connectivity index (χ4n) is 1.67. The van der Waals surface area contributed by atoms with Crippen LogP contribution in [0.3, 0.4) is 0 Å². The van der Waals surface area contributed by atoms with Gasteiger partial charge >= 0.3 is 0 Å². The number of benzene rings is 1. The van der Waals surface area contributed by atoms with Crippen LogP contribution in [-0.2, 0) is 11.3 Å². The number of carbonyl (C=O) groups is 1. The van der Waals surface area contributed by atoms with Crippen LogP contribution in [0.15, 0.2) is 41.0 Å². The number of rotatable bonds is 5. The largest absolute Gasteiger partial charge is 0.483 e. The van der Waals surface area contributed by atoms with Gasteiger partial charge in [0.1, 0.15) is 11.5 Å². The molecule has 0 spiro atoms. The highest BCUT2D eigenvalue weighted by Crippen LogP contribution is 2.20. The number of carbonyl (C=O) groups excluding carboxylic acids is 1. The third-order valence-electron chi connectivity index (χ3n) is 2.95. The van der Waals surface area contributed by atoms with Crippen molar-refractivity contribution < 1.29 is 13.9 Å². The quantitative estimate of drug-likeness (QED) is 0.898. The molecular formula is C15H17NO3. The van der Waals surface area contributed by atoms with E-state index in [2.05, 4.69) is 5.32 Å². The number of amides is 1. The smallest absolute Gasteiger partial charge is 0.258 e. The van der Waals surface area contributed by atoms with Crippen LogP contribution >= 0.6 is 0 Å². The number of furan rings is 1. The molecular weight excluding hydrogens is 242 g/mol.